The van der Waals surface area contributed by atoms with Gasteiger partial charge in [0.05, 0.1) is 5.92 Å². The summed E-state index contributed by atoms with van der Waals surface area (Å²) in [5.41, 5.74) is 4.56. The predicted molar refractivity (Wildman–Crippen MR) is 124 cm³/mol. The number of aliphatic carboxylic acids is 1. The van der Waals surface area contributed by atoms with Crippen LogP contribution in [-0.4, -0.2) is 41.8 Å². The van der Waals surface area contributed by atoms with E-state index >= 15 is 0 Å². The molecular formula is C26H30N2O5. The van der Waals surface area contributed by atoms with Gasteiger partial charge in [-0.2, -0.15) is 0 Å². The second-order valence-electron chi connectivity index (χ2n) is 8.84. The van der Waals surface area contributed by atoms with Gasteiger partial charge in [0, 0.05) is 12.0 Å². The van der Waals surface area contributed by atoms with E-state index in [0.717, 1.165) is 35.1 Å². The summed E-state index contributed by atoms with van der Waals surface area (Å²) in [7, 11) is 0. The first kappa shape index (κ1) is 22.8. The van der Waals surface area contributed by atoms with E-state index in [4.69, 9.17) is 4.74 Å². The van der Waals surface area contributed by atoms with Gasteiger partial charge >= 0.3 is 12.1 Å². The third-order valence-corrected chi connectivity index (χ3v) is 6.73. The summed E-state index contributed by atoms with van der Waals surface area (Å²) in [5, 5.41) is 14.8. The van der Waals surface area contributed by atoms with Crippen molar-refractivity contribution in [2.75, 3.05) is 6.61 Å². The van der Waals surface area contributed by atoms with Crippen LogP contribution in [0.3, 0.4) is 0 Å². The quantitative estimate of drug-likeness (QED) is 0.590. The van der Waals surface area contributed by atoms with E-state index in [9.17, 15) is 19.5 Å². The normalized spacial score (nSPS) is 20.3. The average molecular weight is 451 g/mol. The molecule has 0 saturated heterocycles. The van der Waals surface area contributed by atoms with Crippen LogP contribution in [0.25, 0.3) is 11.1 Å². The van der Waals surface area contributed by atoms with E-state index in [-0.39, 0.29) is 24.5 Å². The highest BCUT2D eigenvalue weighted by Gasteiger charge is 2.31. The van der Waals surface area contributed by atoms with Crippen molar-refractivity contribution in [3.05, 3.63) is 59.7 Å². The Hall–Kier alpha value is -3.35. The molecule has 0 aliphatic heterocycles. The van der Waals surface area contributed by atoms with Crippen molar-refractivity contribution in [2.24, 2.45) is 5.92 Å². The lowest BCUT2D eigenvalue weighted by Gasteiger charge is -2.29. The molecule has 33 heavy (non-hydrogen) atoms. The van der Waals surface area contributed by atoms with Crippen molar-refractivity contribution in [1.29, 1.82) is 0 Å². The number of fused-ring (bicyclic) bond motifs is 3. The summed E-state index contributed by atoms with van der Waals surface area (Å²) >= 11 is 0. The highest BCUT2D eigenvalue weighted by Crippen LogP contribution is 2.44. The van der Waals surface area contributed by atoms with Crippen molar-refractivity contribution in [3.8, 4) is 11.1 Å². The fraction of sp³-hybridized carbons (Fsp3) is 0.423. The summed E-state index contributed by atoms with van der Waals surface area (Å²) < 4.78 is 5.55. The van der Waals surface area contributed by atoms with E-state index in [1.54, 1.807) is 0 Å². The first-order valence-electron chi connectivity index (χ1n) is 11.6. The molecule has 2 aliphatic rings. The molecule has 2 aromatic rings. The molecule has 2 aromatic carbocycles. The van der Waals surface area contributed by atoms with E-state index in [1.165, 1.54) is 0 Å². The third kappa shape index (κ3) is 5.02. The number of amides is 2. The molecule has 3 atom stereocenters. The lowest BCUT2D eigenvalue weighted by molar-refractivity contribution is -0.143. The summed E-state index contributed by atoms with van der Waals surface area (Å²) in [5.74, 6) is -1.61. The Morgan fingerprint density at radius 3 is 2.27 bits per heavy atom. The molecule has 174 valence electrons. The van der Waals surface area contributed by atoms with Crippen molar-refractivity contribution < 1.29 is 24.2 Å². The largest absolute Gasteiger partial charge is 0.481 e. The van der Waals surface area contributed by atoms with E-state index in [1.807, 2.05) is 31.2 Å². The van der Waals surface area contributed by atoms with Gasteiger partial charge in [-0.1, -0.05) is 61.9 Å². The predicted octanol–water partition coefficient (Wildman–Crippen LogP) is 4.06. The standard InChI is InChI=1S/C26H30N2O5/c1-2-23(24(29)27-17-9-7-8-16(14-17)25(30)31)28-26(32)33-15-22-20-12-5-3-10-18(20)19-11-4-6-13-21(19)22/h3-6,10-13,16-17,22-23H,2,7-9,14-15H2,1H3,(H,27,29)(H,28,32)(H,30,31)/t16-,17+,23+/m0/s1. The molecule has 7 nitrogen and oxygen atoms in total. The highest BCUT2D eigenvalue weighted by molar-refractivity contribution is 5.86. The zero-order valence-electron chi connectivity index (χ0n) is 18.8. The number of nitrogens with one attached hydrogen (secondary N) is 2. The molecule has 4 rings (SSSR count). The smallest absolute Gasteiger partial charge is 0.407 e. The lowest BCUT2D eigenvalue weighted by atomic mass is 9.85. The molecule has 1 saturated carbocycles. The molecule has 0 spiro atoms. The Bertz CT molecular complexity index is 991. The Morgan fingerprint density at radius 1 is 1.03 bits per heavy atom. The number of hydrogen-bond acceptors (Lipinski definition) is 4. The Kier molecular flexibility index (Phi) is 6.96. The van der Waals surface area contributed by atoms with Gasteiger partial charge in [-0.3, -0.25) is 9.59 Å². The molecule has 2 amide bonds. The van der Waals surface area contributed by atoms with Gasteiger partial charge < -0.3 is 20.5 Å². The van der Waals surface area contributed by atoms with Crippen LogP contribution >= 0.6 is 0 Å². The number of benzene rings is 2. The monoisotopic (exact) mass is 450 g/mol. The van der Waals surface area contributed by atoms with Gasteiger partial charge in [0.15, 0.2) is 0 Å². The fourth-order valence-corrected chi connectivity index (χ4v) is 4.98. The van der Waals surface area contributed by atoms with Crippen molar-refractivity contribution in [3.63, 3.8) is 0 Å². The molecule has 3 N–H and O–H groups in total. The number of carboxylic acids is 1. The lowest BCUT2D eigenvalue weighted by Crippen LogP contribution is -2.50. The van der Waals surface area contributed by atoms with Gasteiger partial charge in [0.1, 0.15) is 12.6 Å². The van der Waals surface area contributed by atoms with E-state index in [0.29, 0.717) is 19.3 Å². The van der Waals surface area contributed by atoms with Crippen molar-refractivity contribution in [1.82, 2.24) is 10.6 Å². The van der Waals surface area contributed by atoms with Crippen LogP contribution < -0.4 is 10.6 Å². The maximum Gasteiger partial charge on any atom is 0.407 e. The van der Waals surface area contributed by atoms with E-state index < -0.39 is 24.0 Å². The van der Waals surface area contributed by atoms with Crippen molar-refractivity contribution >= 4 is 18.0 Å². The second kappa shape index (κ2) is 10.1. The maximum atomic E-state index is 12.7. The maximum absolute atomic E-state index is 12.7. The van der Waals surface area contributed by atoms with Crippen LogP contribution in [-0.2, 0) is 14.3 Å². The Labute approximate surface area is 193 Å². The molecule has 7 heteroatoms. The van der Waals surface area contributed by atoms with Crippen LogP contribution in [0.15, 0.2) is 48.5 Å². The molecule has 0 unspecified atom stereocenters. The van der Waals surface area contributed by atoms with Gasteiger partial charge in [-0.15, -0.1) is 0 Å². The number of carbonyl (C=O) groups is 3. The number of carbonyl (C=O) groups excluding carboxylic acids is 2. The minimum absolute atomic E-state index is 0.0488. The zero-order chi connectivity index (χ0) is 23.4. The van der Waals surface area contributed by atoms with Crippen LogP contribution in [0.5, 0.6) is 0 Å². The minimum atomic E-state index is -0.822. The number of carboxylic acid groups (broad SMARTS) is 1. The Morgan fingerprint density at radius 2 is 1.67 bits per heavy atom. The number of hydrogen-bond donors (Lipinski definition) is 3. The van der Waals surface area contributed by atoms with E-state index in [2.05, 4.69) is 34.9 Å². The van der Waals surface area contributed by atoms with Gasteiger partial charge in [0.2, 0.25) is 5.91 Å². The molecule has 0 radical (unpaired) electrons. The molecule has 0 aromatic heterocycles. The number of ether oxygens (including phenoxy) is 1. The first-order chi connectivity index (χ1) is 16.0. The summed E-state index contributed by atoms with van der Waals surface area (Å²) in [6.07, 6.45) is 2.34. The molecule has 0 heterocycles. The van der Waals surface area contributed by atoms with Crippen LogP contribution in [0.2, 0.25) is 0 Å². The topological polar surface area (TPSA) is 105 Å². The van der Waals surface area contributed by atoms with Gasteiger partial charge in [0.25, 0.3) is 0 Å². The summed E-state index contributed by atoms with van der Waals surface area (Å²) in [6, 6.07) is 15.3. The van der Waals surface area contributed by atoms with Crippen LogP contribution in [0.4, 0.5) is 4.79 Å². The minimum Gasteiger partial charge on any atom is -0.481 e. The summed E-state index contributed by atoms with van der Waals surface area (Å²) in [4.78, 5) is 36.5. The van der Waals surface area contributed by atoms with Crippen LogP contribution in [0.1, 0.15) is 56.1 Å². The molecule has 1 fully saturated rings. The first-order valence-corrected chi connectivity index (χ1v) is 11.6. The van der Waals surface area contributed by atoms with Crippen LogP contribution in [0, 0.1) is 5.92 Å². The van der Waals surface area contributed by atoms with Gasteiger partial charge in [-0.25, -0.2) is 4.79 Å². The number of alkyl carbamates (subject to hydrolysis) is 1. The average Bonchev–Trinajstić information content (AvgIpc) is 3.15. The molecule has 2 aliphatic carbocycles. The Balaban J connectivity index is 1.33. The molecule has 0 bridgehead atoms. The second-order valence-corrected chi connectivity index (χ2v) is 8.84. The third-order valence-electron chi connectivity index (χ3n) is 6.73. The SMILES string of the molecule is CC[C@@H](NC(=O)OCC1c2ccccc2-c2ccccc21)C(=O)N[C@@H]1CCC[C@H](C(=O)O)C1. The fourth-order valence-electron chi connectivity index (χ4n) is 4.98. The van der Waals surface area contributed by atoms with Crippen molar-refractivity contribution in [2.45, 2.75) is 57.0 Å². The zero-order valence-corrected chi connectivity index (χ0v) is 18.8. The number of rotatable bonds is 7. The van der Waals surface area contributed by atoms with Gasteiger partial charge in [-0.05, 0) is 47.9 Å². The molecular weight excluding hydrogens is 420 g/mol. The highest BCUT2D eigenvalue weighted by atomic mass is 16.5. The summed E-state index contributed by atoms with van der Waals surface area (Å²) in [6.45, 7) is 2.00.